The van der Waals surface area contributed by atoms with Gasteiger partial charge in [0.25, 0.3) is 0 Å². The maximum absolute atomic E-state index is 8.48. The van der Waals surface area contributed by atoms with Crippen LogP contribution in [0.25, 0.3) is 0 Å². The molecule has 0 aliphatic heterocycles. The van der Waals surface area contributed by atoms with Gasteiger partial charge in [-0.3, -0.25) is 0 Å². The molecule has 0 radical (unpaired) electrons. The van der Waals surface area contributed by atoms with Gasteiger partial charge in [0.2, 0.25) is 0 Å². The summed E-state index contributed by atoms with van der Waals surface area (Å²) < 4.78 is 0.829. The molecule has 0 unspecified atom stereocenters. The Labute approximate surface area is 140 Å². The number of nitrogens with zero attached hydrogens (tertiary/aromatic N) is 2. The Morgan fingerprint density at radius 3 is 2.50 bits per heavy atom. The molecule has 0 N–H and O–H groups in total. The largest absolute Gasteiger partial charge is 2.00 e. The van der Waals surface area contributed by atoms with Gasteiger partial charge in [-0.2, -0.15) is 41.5 Å². The van der Waals surface area contributed by atoms with Crippen molar-refractivity contribution < 1.29 is 31.1 Å². The van der Waals surface area contributed by atoms with E-state index in [0.29, 0.717) is 5.56 Å². The van der Waals surface area contributed by atoms with Crippen LogP contribution in [0.15, 0.2) is 41.0 Å². The first-order valence-corrected chi connectivity index (χ1v) is 5.74. The van der Waals surface area contributed by atoms with Crippen molar-refractivity contribution in [1.29, 1.82) is 5.26 Å². The third-order valence-corrected chi connectivity index (χ3v) is 2.49. The normalized spacial score (nSPS) is 8.28. The molecule has 0 aliphatic carbocycles. The molecule has 0 aliphatic rings. The van der Waals surface area contributed by atoms with Crippen molar-refractivity contribution in [3.63, 3.8) is 0 Å². The molecule has 0 spiro atoms. The van der Waals surface area contributed by atoms with E-state index >= 15 is 0 Å². The Bertz CT molecular complexity index is 521. The van der Waals surface area contributed by atoms with Gasteiger partial charge in [-0.05, 0) is 4.60 Å². The summed E-state index contributed by atoms with van der Waals surface area (Å²) in [6.07, 6.45) is 2.66. The van der Waals surface area contributed by atoms with Crippen LogP contribution in [0.4, 0.5) is 0 Å². The summed E-state index contributed by atoms with van der Waals surface area (Å²) in [5, 5.41) is 8.48. The topological polar surface area (TPSA) is 36.7 Å². The van der Waals surface area contributed by atoms with Crippen molar-refractivity contribution in [2.75, 3.05) is 0 Å². The summed E-state index contributed by atoms with van der Waals surface area (Å²) in [5.74, 6) is 0. The number of aryl methyl sites for hydroxylation is 1. The molecule has 0 saturated carbocycles. The van der Waals surface area contributed by atoms with Gasteiger partial charge < -0.3 is 4.98 Å². The van der Waals surface area contributed by atoms with E-state index in [2.05, 4.69) is 40.1 Å². The second kappa shape index (κ2) is 9.23. The van der Waals surface area contributed by atoms with Crippen LogP contribution in [-0.4, -0.2) is 4.98 Å². The molecule has 2 rings (SSSR count). The van der Waals surface area contributed by atoms with Crippen LogP contribution >= 0.6 is 15.9 Å². The van der Waals surface area contributed by atoms with Gasteiger partial charge in [0.05, 0.1) is 6.07 Å². The molecule has 18 heavy (non-hydrogen) atoms. The van der Waals surface area contributed by atoms with E-state index in [9.17, 15) is 0 Å². The molecule has 2 aromatic rings. The maximum Gasteiger partial charge on any atom is 2.00 e. The van der Waals surface area contributed by atoms with Crippen molar-refractivity contribution in [2.24, 2.45) is 0 Å². The number of aromatic nitrogens is 1. The molecule has 0 bridgehead atoms. The average molecular weight is 525 g/mol. The van der Waals surface area contributed by atoms with Crippen LogP contribution in [0.3, 0.4) is 0 Å². The number of hydrogen-bond donors (Lipinski definition) is 0. The summed E-state index contributed by atoms with van der Waals surface area (Å²) in [6.45, 7) is 5.73. The standard InChI is InChI=1S/C9H8N.C5H3BrN.U/c1-7-3-4-9(6-10)5-8(7)2;6-5-3-1-2-4-7-5;/h3-5H,1H2,2H3;1-3H;/q2*-1;+2. The zero-order chi connectivity index (χ0) is 12.7. The van der Waals surface area contributed by atoms with Crippen LogP contribution in [0, 0.1) is 62.5 Å². The third-order valence-electron chi connectivity index (χ3n) is 2.05. The fraction of sp³-hybridized carbons (Fsp3) is 0.0714. The van der Waals surface area contributed by atoms with Crippen molar-refractivity contribution in [3.05, 3.63) is 70.8 Å². The molecular formula is C14H11BrN2U. The molecule has 0 saturated heterocycles. The molecule has 0 amide bonds. The van der Waals surface area contributed by atoms with Crippen LogP contribution in [-0.2, 0) is 0 Å². The first-order valence-electron chi connectivity index (χ1n) is 4.95. The van der Waals surface area contributed by atoms with E-state index in [1.165, 1.54) is 0 Å². The second-order valence-electron chi connectivity index (χ2n) is 3.34. The summed E-state index contributed by atoms with van der Waals surface area (Å²) in [7, 11) is 0. The number of hydrogen-bond acceptors (Lipinski definition) is 2. The van der Waals surface area contributed by atoms with Gasteiger partial charge in [-0.25, -0.2) is 0 Å². The second-order valence-corrected chi connectivity index (χ2v) is 4.15. The minimum Gasteiger partial charge on any atom is -0.380 e. The number of rotatable bonds is 0. The minimum absolute atomic E-state index is 0. The Balaban J connectivity index is 0.000000321. The summed E-state index contributed by atoms with van der Waals surface area (Å²) in [6, 6.07) is 13.0. The van der Waals surface area contributed by atoms with E-state index in [1.54, 1.807) is 12.1 Å². The SMILES string of the molecule is Brc1ccc[c-]n1.[CH2-]c1ccc(C#N)cc1C.[U+2]. The van der Waals surface area contributed by atoms with Crippen molar-refractivity contribution in [2.45, 2.75) is 6.92 Å². The summed E-state index contributed by atoms with van der Waals surface area (Å²) >= 11 is 3.17. The van der Waals surface area contributed by atoms with E-state index in [-0.39, 0.29) is 31.1 Å². The van der Waals surface area contributed by atoms with Gasteiger partial charge in [-0.1, -0.05) is 19.2 Å². The summed E-state index contributed by atoms with van der Waals surface area (Å²) in [4.78, 5) is 3.77. The van der Waals surface area contributed by atoms with Gasteiger partial charge in [-0.15, -0.1) is 28.1 Å². The van der Waals surface area contributed by atoms with Gasteiger partial charge >= 0.3 is 31.1 Å². The molecule has 4 heteroatoms. The Hall–Kier alpha value is -0.738. The molecule has 88 valence electrons. The molecule has 1 heterocycles. The molecule has 0 fully saturated rings. The minimum atomic E-state index is 0. The van der Waals surface area contributed by atoms with Gasteiger partial charge in [0.15, 0.2) is 0 Å². The molecule has 1 aromatic carbocycles. The maximum atomic E-state index is 8.48. The zero-order valence-corrected chi connectivity index (χ0v) is 15.7. The quantitative estimate of drug-likeness (QED) is 0.389. The number of benzene rings is 1. The fourth-order valence-corrected chi connectivity index (χ4v) is 1.33. The van der Waals surface area contributed by atoms with Gasteiger partial charge in [0.1, 0.15) is 0 Å². The molecule has 1 aromatic heterocycles. The van der Waals surface area contributed by atoms with Crippen LogP contribution < -0.4 is 0 Å². The van der Waals surface area contributed by atoms with Crippen LogP contribution in [0.2, 0.25) is 0 Å². The third kappa shape index (κ3) is 6.26. The Morgan fingerprint density at radius 1 is 1.39 bits per heavy atom. The van der Waals surface area contributed by atoms with Gasteiger partial charge in [0, 0.05) is 5.56 Å². The average Bonchev–Trinajstić information content (AvgIpc) is 2.34. The first-order chi connectivity index (χ1) is 8.13. The van der Waals surface area contributed by atoms with E-state index in [4.69, 9.17) is 5.26 Å². The predicted molar refractivity (Wildman–Crippen MR) is 71.1 cm³/mol. The molecular weight excluding hydrogens is 514 g/mol. The molecule has 2 nitrogen and oxygen atoms in total. The number of halogens is 1. The molecule has 0 atom stereocenters. The fourth-order valence-electron chi connectivity index (χ4n) is 1.07. The number of nitriles is 1. The summed E-state index contributed by atoms with van der Waals surface area (Å²) in [5.41, 5.74) is 2.75. The Kier molecular flexibility index (Phi) is 8.85. The predicted octanol–water partition coefficient (Wildman–Crippen LogP) is 3.69. The first kappa shape index (κ1) is 17.3. The van der Waals surface area contributed by atoms with E-state index < -0.39 is 0 Å². The van der Waals surface area contributed by atoms with Crippen LogP contribution in [0.1, 0.15) is 16.7 Å². The smallest absolute Gasteiger partial charge is 0.380 e. The van der Waals surface area contributed by atoms with Crippen molar-refractivity contribution >= 4 is 15.9 Å². The van der Waals surface area contributed by atoms with E-state index in [1.807, 2.05) is 31.2 Å². The monoisotopic (exact) mass is 524 g/mol. The Morgan fingerprint density at radius 2 is 2.11 bits per heavy atom. The van der Waals surface area contributed by atoms with Crippen molar-refractivity contribution in [1.82, 2.24) is 4.98 Å². The number of pyridine rings is 1. The van der Waals surface area contributed by atoms with Crippen LogP contribution in [0.5, 0.6) is 0 Å². The van der Waals surface area contributed by atoms with Crippen molar-refractivity contribution in [3.8, 4) is 6.07 Å². The zero-order valence-electron chi connectivity index (χ0n) is 9.94. The van der Waals surface area contributed by atoms with E-state index in [0.717, 1.165) is 15.7 Å².